The highest BCUT2D eigenvalue weighted by atomic mass is 16.6. The van der Waals surface area contributed by atoms with Crippen LogP contribution in [0.1, 0.15) is 58.9 Å². The lowest BCUT2D eigenvalue weighted by molar-refractivity contribution is -0.124. The number of anilines is 1. The number of nitrogens with zero attached hydrogens (tertiary/aromatic N) is 4. The van der Waals surface area contributed by atoms with Crippen LogP contribution in [0.5, 0.6) is 0 Å². The molecule has 0 bridgehead atoms. The zero-order valence-electron chi connectivity index (χ0n) is 41.0. The van der Waals surface area contributed by atoms with Crippen LogP contribution in [-0.2, 0) is 74.8 Å². The van der Waals surface area contributed by atoms with Crippen LogP contribution in [0.4, 0.5) is 5.69 Å². The van der Waals surface area contributed by atoms with E-state index in [0.29, 0.717) is 170 Å². The van der Waals surface area contributed by atoms with Gasteiger partial charge in [-0.3, -0.25) is 14.4 Å². The maximum absolute atomic E-state index is 13.7. The number of hydrogen-bond acceptors (Lipinski definition) is 15. The van der Waals surface area contributed by atoms with Crippen LogP contribution in [0.25, 0.3) is 22.5 Å². The van der Waals surface area contributed by atoms with Gasteiger partial charge in [-0.15, -0.1) is 5.10 Å². The van der Waals surface area contributed by atoms with Crippen molar-refractivity contribution in [2.75, 3.05) is 144 Å². The van der Waals surface area contributed by atoms with Crippen molar-refractivity contribution < 1.29 is 61.8 Å². The van der Waals surface area contributed by atoms with Gasteiger partial charge in [0, 0.05) is 49.5 Å². The Labute approximate surface area is 402 Å². The fourth-order valence-corrected chi connectivity index (χ4v) is 6.99. The van der Waals surface area contributed by atoms with E-state index in [1.165, 1.54) is 0 Å². The standard InChI is InChI=1S/C50H77N5O13/c1-40(2)38-43(56)11-9-18-59-20-22-61-24-26-63-28-30-65-32-34-67-36-37-68-35-33-66-31-29-64-27-25-62-23-21-60-19-17-55-49-45-13-7-8-14-46(45)54(47(57)15-16-51-50(58)41(3)4)39-42-10-5-6-12-44(42)48(49)52-53-55/h5-8,10,12-14,40-41H,9,11,15-39H2,1-4H3,(H,51,58). The van der Waals surface area contributed by atoms with Crippen LogP contribution >= 0.6 is 0 Å². The summed E-state index contributed by atoms with van der Waals surface area (Å²) in [5.74, 6) is 0.393. The number of amides is 2. The molecule has 0 saturated carbocycles. The van der Waals surface area contributed by atoms with E-state index in [4.69, 9.17) is 47.4 Å². The summed E-state index contributed by atoms with van der Waals surface area (Å²) in [5.41, 5.74) is 5.04. The highest BCUT2D eigenvalue weighted by Gasteiger charge is 2.29. The molecule has 0 unspecified atom stereocenters. The second-order valence-corrected chi connectivity index (χ2v) is 16.7. The van der Waals surface area contributed by atoms with E-state index in [0.717, 1.165) is 40.2 Å². The third-order valence-electron chi connectivity index (χ3n) is 10.4. The Bertz CT molecular complexity index is 1840. The highest BCUT2D eigenvalue weighted by molar-refractivity contribution is 6.00. The minimum atomic E-state index is -0.153. The lowest BCUT2D eigenvalue weighted by Crippen LogP contribution is -2.36. The number of carbonyl (C=O) groups is 3. The molecule has 0 atom stereocenters. The molecule has 1 aliphatic heterocycles. The van der Waals surface area contributed by atoms with Gasteiger partial charge in [0.1, 0.15) is 11.5 Å². The Kier molecular flexibility index (Phi) is 29.0. The summed E-state index contributed by atoms with van der Waals surface area (Å²) in [4.78, 5) is 39.3. The van der Waals surface area contributed by atoms with Crippen molar-refractivity contribution in [1.29, 1.82) is 0 Å². The summed E-state index contributed by atoms with van der Waals surface area (Å²) in [6.45, 7) is 18.3. The van der Waals surface area contributed by atoms with Gasteiger partial charge in [0.2, 0.25) is 11.8 Å². The molecule has 0 aliphatic carbocycles. The van der Waals surface area contributed by atoms with Gasteiger partial charge in [0.15, 0.2) is 0 Å². The molecule has 1 aliphatic rings. The summed E-state index contributed by atoms with van der Waals surface area (Å²) < 4.78 is 57.7. The number of carbonyl (C=O) groups excluding carboxylic acids is 3. The number of hydrogen-bond donors (Lipinski definition) is 1. The Morgan fingerprint density at radius 1 is 0.574 bits per heavy atom. The molecule has 18 heteroatoms. The quantitative estimate of drug-likeness (QED) is 0.0734. The summed E-state index contributed by atoms with van der Waals surface area (Å²) in [5, 5.41) is 12.0. The number of fused-ring (bicyclic) bond motifs is 5. The summed E-state index contributed by atoms with van der Waals surface area (Å²) >= 11 is 0. The molecule has 2 heterocycles. The maximum atomic E-state index is 13.7. The topological polar surface area (TPSA) is 189 Å². The minimum Gasteiger partial charge on any atom is -0.379 e. The van der Waals surface area contributed by atoms with Gasteiger partial charge in [-0.25, -0.2) is 4.68 Å². The van der Waals surface area contributed by atoms with Crippen molar-refractivity contribution in [3.05, 3.63) is 54.1 Å². The zero-order chi connectivity index (χ0) is 48.4. The Hall–Kier alpha value is -4.21. The molecule has 2 amide bonds. The number of aromatic nitrogens is 3. The minimum absolute atomic E-state index is 0.0788. The number of para-hydroxylation sites is 1. The first-order valence-electron chi connectivity index (χ1n) is 24.2. The third kappa shape index (κ3) is 22.5. The summed E-state index contributed by atoms with van der Waals surface area (Å²) in [6, 6.07) is 15.7. The molecular formula is C50H77N5O13. The molecule has 2 aromatic carbocycles. The van der Waals surface area contributed by atoms with Crippen LogP contribution in [0.3, 0.4) is 0 Å². The molecule has 1 aromatic heterocycles. The van der Waals surface area contributed by atoms with Crippen molar-refractivity contribution in [3.8, 4) is 22.5 Å². The van der Waals surface area contributed by atoms with E-state index in [1.807, 2.05) is 67.1 Å². The van der Waals surface area contributed by atoms with Gasteiger partial charge in [-0.05, 0) is 24.0 Å². The molecule has 3 aromatic rings. The second kappa shape index (κ2) is 35.0. The number of benzene rings is 2. The lowest BCUT2D eigenvalue weighted by atomic mass is 9.95. The molecule has 0 spiro atoms. The van der Waals surface area contributed by atoms with Gasteiger partial charge in [-0.2, -0.15) is 0 Å². The molecule has 68 heavy (non-hydrogen) atoms. The van der Waals surface area contributed by atoms with Gasteiger partial charge in [-0.1, -0.05) is 75.4 Å². The molecule has 0 saturated heterocycles. The number of Topliss-reactive ketones (excluding diaryl/α,β-unsaturated/α-hetero) is 1. The number of nitrogens with one attached hydrogen (secondary N) is 1. The summed E-state index contributed by atoms with van der Waals surface area (Å²) in [7, 11) is 0. The van der Waals surface area contributed by atoms with E-state index < -0.39 is 0 Å². The van der Waals surface area contributed by atoms with Crippen LogP contribution < -0.4 is 10.2 Å². The SMILES string of the molecule is CC(C)CC(=O)CCCOCCOCCOCCOCCOCCOCCOCCOCCOCCOCCn1nnc2c1-c1ccccc1N(C(=O)CCNC(=O)C(C)C)Cc1ccccc1-2. The zero-order valence-corrected chi connectivity index (χ0v) is 41.0. The van der Waals surface area contributed by atoms with Crippen LogP contribution in [0, 0.1) is 11.8 Å². The predicted molar refractivity (Wildman–Crippen MR) is 256 cm³/mol. The largest absolute Gasteiger partial charge is 0.379 e. The Balaban J connectivity index is 0.938. The second-order valence-electron chi connectivity index (χ2n) is 16.7. The first-order chi connectivity index (χ1) is 33.3. The van der Waals surface area contributed by atoms with Crippen LogP contribution in [0.2, 0.25) is 0 Å². The molecule has 0 radical (unpaired) electrons. The maximum Gasteiger partial charge on any atom is 0.229 e. The summed E-state index contributed by atoms with van der Waals surface area (Å²) in [6.07, 6.45) is 2.15. The lowest BCUT2D eigenvalue weighted by Gasteiger charge is -2.29. The van der Waals surface area contributed by atoms with Crippen LogP contribution in [-0.4, -0.2) is 171 Å². The number of ketones is 1. The normalized spacial score (nSPS) is 12.2. The van der Waals surface area contributed by atoms with Crippen molar-refractivity contribution in [1.82, 2.24) is 20.3 Å². The van der Waals surface area contributed by atoms with Crippen molar-refractivity contribution in [2.45, 2.75) is 66.5 Å². The van der Waals surface area contributed by atoms with Crippen molar-refractivity contribution >= 4 is 23.3 Å². The van der Waals surface area contributed by atoms with Gasteiger partial charge in [0.05, 0.1) is 150 Å². The Morgan fingerprint density at radius 3 is 1.53 bits per heavy atom. The smallest absolute Gasteiger partial charge is 0.229 e. The monoisotopic (exact) mass is 956 g/mol. The number of ether oxygens (including phenoxy) is 10. The fourth-order valence-electron chi connectivity index (χ4n) is 6.99. The van der Waals surface area contributed by atoms with E-state index in [1.54, 1.807) is 4.90 Å². The van der Waals surface area contributed by atoms with E-state index in [9.17, 15) is 14.4 Å². The molecular weight excluding hydrogens is 879 g/mol. The first-order valence-corrected chi connectivity index (χ1v) is 24.2. The highest BCUT2D eigenvalue weighted by Crippen LogP contribution is 2.41. The fraction of sp³-hybridized carbons (Fsp3) is 0.660. The first kappa shape index (κ1) is 56.4. The Morgan fingerprint density at radius 2 is 1.03 bits per heavy atom. The average Bonchev–Trinajstić information content (AvgIpc) is 3.74. The van der Waals surface area contributed by atoms with E-state index in [2.05, 4.69) is 29.5 Å². The van der Waals surface area contributed by atoms with E-state index in [-0.39, 0.29) is 30.7 Å². The average molecular weight is 956 g/mol. The van der Waals surface area contributed by atoms with Gasteiger partial charge in [0.25, 0.3) is 0 Å². The van der Waals surface area contributed by atoms with Crippen molar-refractivity contribution in [3.63, 3.8) is 0 Å². The van der Waals surface area contributed by atoms with Gasteiger partial charge < -0.3 is 57.6 Å². The number of rotatable bonds is 40. The van der Waals surface area contributed by atoms with Crippen molar-refractivity contribution in [2.24, 2.45) is 11.8 Å². The molecule has 1 N–H and O–H groups in total. The predicted octanol–water partition coefficient (Wildman–Crippen LogP) is 5.18. The molecule has 0 fully saturated rings. The third-order valence-corrected chi connectivity index (χ3v) is 10.4. The molecule has 4 rings (SSSR count). The molecule has 18 nitrogen and oxygen atoms in total. The molecule has 380 valence electrons. The van der Waals surface area contributed by atoms with E-state index >= 15 is 0 Å². The van der Waals surface area contributed by atoms with Crippen LogP contribution in [0.15, 0.2) is 48.5 Å². The van der Waals surface area contributed by atoms with Gasteiger partial charge >= 0.3 is 0 Å².